The highest BCUT2D eigenvalue weighted by Crippen LogP contribution is 2.32. The van der Waals surface area contributed by atoms with Gasteiger partial charge in [-0.1, -0.05) is 57.2 Å². The molecule has 0 aliphatic rings. The number of hydrogen-bond donors (Lipinski definition) is 1. The molecular formula is C25H24O5. The molecule has 30 heavy (non-hydrogen) atoms. The Kier molecular flexibility index (Phi) is 6.31. The van der Waals surface area contributed by atoms with Crippen LogP contribution in [0.1, 0.15) is 70.5 Å². The molecule has 0 amide bonds. The number of carbonyl (C=O) groups excluding carboxylic acids is 1. The zero-order valence-electron chi connectivity index (χ0n) is 17.3. The second kappa shape index (κ2) is 8.91. The highest BCUT2D eigenvalue weighted by atomic mass is 16.4. The van der Waals surface area contributed by atoms with E-state index in [1.165, 1.54) is 6.08 Å². The summed E-state index contributed by atoms with van der Waals surface area (Å²) in [6, 6.07) is 12.6. The fourth-order valence-corrected chi connectivity index (χ4v) is 3.55. The Morgan fingerprint density at radius 2 is 1.83 bits per heavy atom. The van der Waals surface area contributed by atoms with Crippen LogP contribution in [0.25, 0.3) is 17.0 Å². The Bertz CT molecular complexity index is 1190. The van der Waals surface area contributed by atoms with E-state index in [1.807, 2.05) is 32.9 Å². The molecule has 1 atom stereocenters. The first-order valence-electron chi connectivity index (χ1n) is 10.0. The Balaban J connectivity index is 2.22. The third-order valence-corrected chi connectivity index (χ3v) is 5.36. The smallest absolute Gasteiger partial charge is 0.351 e. The number of hydrogen-bond acceptors (Lipinski definition) is 4. The number of fused-ring (bicyclic) bond motifs is 1. The Morgan fingerprint density at radius 3 is 2.43 bits per heavy atom. The first-order valence-corrected chi connectivity index (χ1v) is 10.0. The molecule has 2 aromatic carbocycles. The molecule has 0 aliphatic carbocycles. The van der Waals surface area contributed by atoms with Crippen LogP contribution < -0.4 is 5.63 Å². The van der Waals surface area contributed by atoms with Crippen LogP contribution in [0.15, 0.2) is 57.8 Å². The molecule has 1 heterocycles. The minimum Gasteiger partial charge on any atom is -0.477 e. The molecular weight excluding hydrogens is 380 g/mol. The zero-order chi connectivity index (χ0) is 21.8. The van der Waals surface area contributed by atoms with E-state index < -0.39 is 11.6 Å². The average Bonchev–Trinajstić information content (AvgIpc) is 2.75. The number of rotatable bonds is 7. The summed E-state index contributed by atoms with van der Waals surface area (Å²) < 4.78 is 5.47. The SMILES string of the molecule is CCc1c(C(=O)O)c(=O)oc2c(C(C)CC)cc(C=CC(=O)c3ccccc3)cc12. The van der Waals surface area contributed by atoms with Crippen molar-refractivity contribution in [1.29, 1.82) is 0 Å². The Morgan fingerprint density at radius 1 is 1.13 bits per heavy atom. The van der Waals surface area contributed by atoms with Crippen LogP contribution in [0, 0.1) is 0 Å². The van der Waals surface area contributed by atoms with Gasteiger partial charge in [-0.3, -0.25) is 4.79 Å². The normalized spacial score (nSPS) is 12.4. The molecule has 0 fully saturated rings. The number of carboxylic acids is 1. The van der Waals surface area contributed by atoms with E-state index in [-0.39, 0.29) is 17.3 Å². The highest BCUT2D eigenvalue weighted by Gasteiger charge is 2.22. The van der Waals surface area contributed by atoms with Gasteiger partial charge in [0.1, 0.15) is 11.1 Å². The summed E-state index contributed by atoms with van der Waals surface area (Å²) in [5, 5.41) is 10.1. The van der Waals surface area contributed by atoms with Crippen molar-refractivity contribution in [3.05, 3.63) is 86.8 Å². The quantitative estimate of drug-likeness (QED) is 0.321. The fourth-order valence-electron chi connectivity index (χ4n) is 3.55. The molecule has 3 aromatic rings. The topological polar surface area (TPSA) is 84.6 Å². The van der Waals surface area contributed by atoms with Crippen LogP contribution in [-0.2, 0) is 6.42 Å². The van der Waals surface area contributed by atoms with Gasteiger partial charge >= 0.3 is 11.6 Å². The third kappa shape index (κ3) is 4.10. The lowest BCUT2D eigenvalue weighted by molar-refractivity contribution is 0.0691. The average molecular weight is 404 g/mol. The Hall–Kier alpha value is -3.47. The lowest BCUT2D eigenvalue weighted by atomic mass is 9.91. The van der Waals surface area contributed by atoms with E-state index in [0.717, 1.165) is 17.5 Å². The number of carboxylic acid groups (broad SMARTS) is 1. The molecule has 154 valence electrons. The van der Waals surface area contributed by atoms with Crippen molar-refractivity contribution in [2.75, 3.05) is 0 Å². The monoisotopic (exact) mass is 404 g/mol. The summed E-state index contributed by atoms with van der Waals surface area (Å²) in [6.07, 6.45) is 4.40. The van der Waals surface area contributed by atoms with Gasteiger partial charge < -0.3 is 9.52 Å². The fraction of sp³-hybridized carbons (Fsp3) is 0.240. The molecule has 0 spiro atoms. The van der Waals surface area contributed by atoms with Gasteiger partial charge in [0, 0.05) is 10.9 Å². The molecule has 0 radical (unpaired) electrons. The molecule has 1 N–H and O–H groups in total. The van der Waals surface area contributed by atoms with Gasteiger partial charge in [0.2, 0.25) is 0 Å². The van der Waals surface area contributed by atoms with Crippen molar-refractivity contribution < 1.29 is 19.1 Å². The minimum absolute atomic E-state index is 0.0919. The van der Waals surface area contributed by atoms with Gasteiger partial charge in [-0.2, -0.15) is 0 Å². The summed E-state index contributed by atoms with van der Waals surface area (Å²) in [7, 11) is 0. The third-order valence-electron chi connectivity index (χ3n) is 5.36. The van der Waals surface area contributed by atoms with Crippen molar-refractivity contribution in [3.63, 3.8) is 0 Å². The van der Waals surface area contributed by atoms with Crippen LogP contribution in [0.4, 0.5) is 0 Å². The summed E-state index contributed by atoms with van der Waals surface area (Å²) in [5.74, 6) is -1.33. The summed E-state index contributed by atoms with van der Waals surface area (Å²) >= 11 is 0. The van der Waals surface area contributed by atoms with E-state index in [9.17, 15) is 19.5 Å². The number of carbonyl (C=O) groups is 2. The van der Waals surface area contributed by atoms with Gasteiger partial charge in [-0.15, -0.1) is 0 Å². The molecule has 0 saturated carbocycles. The largest absolute Gasteiger partial charge is 0.477 e. The van der Waals surface area contributed by atoms with Crippen molar-refractivity contribution >= 4 is 28.8 Å². The lowest BCUT2D eigenvalue weighted by Gasteiger charge is -2.15. The summed E-state index contributed by atoms with van der Waals surface area (Å²) in [4.78, 5) is 36.5. The maximum Gasteiger partial charge on any atom is 0.351 e. The van der Waals surface area contributed by atoms with Gasteiger partial charge in [-0.05, 0) is 53.7 Å². The summed E-state index contributed by atoms with van der Waals surface area (Å²) in [6.45, 7) is 5.86. The van der Waals surface area contributed by atoms with Gasteiger partial charge in [-0.25, -0.2) is 9.59 Å². The molecule has 0 aliphatic heterocycles. The van der Waals surface area contributed by atoms with Gasteiger partial charge in [0.25, 0.3) is 0 Å². The van der Waals surface area contributed by atoms with E-state index in [0.29, 0.717) is 28.5 Å². The first-order chi connectivity index (χ1) is 14.4. The van der Waals surface area contributed by atoms with Gasteiger partial charge in [0.05, 0.1) is 0 Å². The molecule has 5 nitrogen and oxygen atoms in total. The first kappa shape index (κ1) is 21.2. The number of benzene rings is 2. The molecule has 3 rings (SSSR count). The predicted molar refractivity (Wildman–Crippen MR) is 117 cm³/mol. The molecule has 0 saturated heterocycles. The standard InChI is InChI=1S/C25H24O5/c1-4-15(3)19-13-16(11-12-21(26)17-9-7-6-8-10-17)14-20-18(5-2)22(24(27)28)25(29)30-23(19)20/h6-15H,4-5H2,1-3H3,(H,27,28). The maximum absolute atomic E-state index is 12.4. The van der Waals surface area contributed by atoms with Crippen molar-refractivity contribution in [2.24, 2.45) is 0 Å². The highest BCUT2D eigenvalue weighted by molar-refractivity contribution is 6.07. The molecule has 1 unspecified atom stereocenters. The van der Waals surface area contributed by atoms with Crippen LogP contribution in [-0.4, -0.2) is 16.9 Å². The molecule has 5 heteroatoms. The number of aryl methyl sites for hydroxylation is 1. The van der Waals surface area contributed by atoms with E-state index in [1.54, 1.807) is 36.4 Å². The van der Waals surface area contributed by atoms with Crippen LogP contribution in [0.2, 0.25) is 0 Å². The van der Waals surface area contributed by atoms with Crippen LogP contribution >= 0.6 is 0 Å². The van der Waals surface area contributed by atoms with Crippen molar-refractivity contribution in [3.8, 4) is 0 Å². The number of ketones is 1. The number of allylic oxidation sites excluding steroid dienone is 1. The lowest BCUT2D eigenvalue weighted by Crippen LogP contribution is -2.18. The second-order valence-electron chi connectivity index (χ2n) is 7.26. The molecule has 1 aromatic heterocycles. The van der Waals surface area contributed by atoms with E-state index >= 15 is 0 Å². The van der Waals surface area contributed by atoms with Crippen LogP contribution in [0.3, 0.4) is 0 Å². The zero-order valence-corrected chi connectivity index (χ0v) is 17.3. The second-order valence-corrected chi connectivity index (χ2v) is 7.26. The van der Waals surface area contributed by atoms with E-state index in [4.69, 9.17) is 4.42 Å². The van der Waals surface area contributed by atoms with Crippen LogP contribution in [0.5, 0.6) is 0 Å². The maximum atomic E-state index is 12.4. The predicted octanol–water partition coefficient (Wildman–Crippen LogP) is 5.46. The minimum atomic E-state index is -1.30. The van der Waals surface area contributed by atoms with Crippen molar-refractivity contribution in [1.82, 2.24) is 0 Å². The van der Waals surface area contributed by atoms with Crippen molar-refractivity contribution in [2.45, 2.75) is 39.5 Å². The van der Waals surface area contributed by atoms with E-state index in [2.05, 4.69) is 0 Å². The van der Waals surface area contributed by atoms with Gasteiger partial charge in [0.15, 0.2) is 5.78 Å². The Labute approximate surface area is 174 Å². The summed E-state index contributed by atoms with van der Waals surface area (Å²) in [5.41, 5.74) is 1.86. The molecule has 0 bridgehead atoms. The number of aromatic carboxylic acids is 1.